The minimum absolute atomic E-state index is 0.137. The first-order valence-electron chi connectivity index (χ1n) is 6.57. The molecule has 0 rings (SSSR count). The maximum atomic E-state index is 11.7. The molecule has 2 N–H and O–H groups in total. The minimum Gasteiger partial charge on any atom is -0.480 e. The van der Waals surface area contributed by atoms with Crippen molar-refractivity contribution in [3.8, 4) is 0 Å². The van der Waals surface area contributed by atoms with Crippen LogP contribution in [0.1, 0.15) is 59.3 Å². The van der Waals surface area contributed by atoms with Crippen molar-refractivity contribution in [2.24, 2.45) is 5.92 Å². The smallest absolute Gasteiger partial charge is 0.326 e. The zero-order valence-corrected chi connectivity index (χ0v) is 11.2. The molecule has 0 radical (unpaired) electrons. The quantitative estimate of drug-likeness (QED) is 0.654. The second-order valence-corrected chi connectivity index (χ2v) is 4.49. The van der Waals surface area contributed by atoms with Crippen molar-refractivity contribution < 1.29 is 14.7 Å². The van der Waals surface area contributed by atoms with Crippen molar-refractivity contribution in [3.63, 3.8) is 0 Å². The second-order valence-electron chi connectivity index (χ2n) is 4.49. The van der Waals surface area contributed by atoms with Crippen LogP contribution in [0.5, 0.6) is 0 Å². The summed E-state index contributed by atoms with van der Waals surface area (Å²) >= 11 is 0. The fourth-order valence-corrected chi connectivity index (χ4v) is 1.76. The number of rotatable bonds is 9. The number of hydrogen-bond acceptors (Lipinski definition) is 2. The largest absolute Gasteiger partial charge is 0.480 e. The van der Waals surface area contributed by atoms with Gasteiger partial charge in [-0.1, -0.05) is 46.5 Å². The van der Waals surface area contributed by atoms with E-state index in [0.717, 1.165) is 25.7 Å². The van der Waals surface area contributed by atoms with Crippen LogP contribution in [0, 0.1) is 5.92 Å². The number of carbonyl (C=O) groups excluding carboxylic acids is 1. The second kappa shape index (κ2) is 9.02. The van der Waals surface area contributed by atoms with E-state index in [1.54, 1.807) is 0 Å². The summed E-state index contributed by atoms with van der Waals surface area (Å²) in [6.07, 6.45) is 4.62. The lowest BCUT2D eigenvalue weighted by Crippen LogP contribution is -2.41. The summed E-state index contributed by atoms with van der Waals surface area (Å²) in [6.45, 7) is 6.10. The summed E-state index contributed by atoms with van der Waals surface area (Å²) in [5, 5.41) is 11.6. The van der Waals surface area contributed by atoms with Crippen molar-refractivity contribution >= 4 is 11.9 Å². The van der Waals surface area contributed by atoms with Crippen molar-refractivity contribution in [2.45, 2.75) is 65.3 Å². The van der Waals surface area contributed by atoms with Crippen LogP contribution in [0.15, 0.2) is 0 Å². The Hall–Kier alpha value is -1.06. The average molecular weight is 243 g/mol. The van der Waals surface area contributed by atoms with Crippen LogP contribution < -0.4 is 5.32 Å². The Morgan fingerprint density at radius 2 is 1.76 bits per heavy atom. The molecule has 0 saturated carbocycles. The number of aliphatic carboxylic acids is 1. The number of carbonyl (C=O) groups is 2. The van der Waals surface area contributed by atoms with Gasteiger partial charge in [-0.15, -0.1) is 0 Å². The van der Waals surface area contributed by atoms with E-state index in [1.165, 1.54) is 0 Å². The van der Waals surface area contributed by atoms with Crippen LogP contribution in [-0.2, 0) is 9.59 Å². The predicted molar refractivity (Wildman–Crippen MR) is 67.8 cm³/mol. The Labute approximate surface area is 104 Å². The first-order valence-corrected chi connectivity index (χ1v) is 6.57. The predicted octanol–water partition coefficient (Wildman–Crippen LogP) is 2.57. The van der Waals surface area contributed by atoms with E-state index in [0.29, 0.717) is 18.8 Å². The van der Waals surface area contributed by atoms with Crippen LogP contribution in [-0.4, -0.2) is 23.0 Å². The lowest BCUT2D eigenvalue weighted by molar-refractivity contribution is -0.142. The van der Waals surface area contributed by atoms with Crippen molar-refractivity contribution in [2.75, 3.05) is 0 Å². The number of amides is 1. The van der Waals surface area contributed by atoms with E-state index in [-0.39, 0.29) is 5.91 Å². The third kappa shape index (κ3) is 6.97. The highest BCUT2D eigenvalue weighted by Gasteiger charge is 2.20. The lowest BCUT2D eigenvalue weighted by Gasteiger charge is -2.16. The molecule has 0 saturated heterocycles. The van der Waals surface area contributed by atoms with Gasteiger partial charge in [0, 0.05) is 6.42 Å². The summed E-state index contributed by atoms with van der Waals surface area (Å²) in [4.78, 5) is 22.6. The van der Waals surface area contributed by atoms with Gasteiger partial charge in [-0.2, -0.15) is 0 Å². The van der Waals surface area contributed by atoms with Crippen LogP contribution in [0.4, 0.5) is 0 Å². The van der Waals surface area contributed by atoms with Gasteiger partial charge in [0.05, 0.1) is 0 Å². The Balaban J connectivity index is 4.15. The summed E-state index contributed by atoms with van der Waals surface area (Å²) in [7, 11) is 0. The highest BCUT2D eigenvalue weighted by molar-refractivity contribution is 5.83. The van der Waals surface area contributed by atoms with Crippen LogP contribution in [0.2, 0.25) is 0 Å². The monoisotopic (exact) mass is 243 g/mol. The van der Waals surface area contributed by atoms with Crippen LogP contribution in [0.3, 0.4) is 0 Å². The van der Waals surface area contributed by atoms with Gasteiger partial charge < -0.3 is 10.4 Å². The normalized spacial score (nSPS) is 12.5. The topological polar surface area (TPSA) is 66.4 Å². The molecule has 4 heteroatoms. The van der Waals surface area contributed by atoms with Crippen molar-refractivity contribution in [3.05, 3.63) is 0 Å². The van der Waals surface area contributed by atoms with Gasteiger partial charge in [0.2, 0.25) is 5.91 Å². The molecule has 4 nitrogen and oxygen atoms in total. The molecule has 0 bridgehead atoms. The van der Waals surface area contributed by atoms with Crippen molar-refractivity contribution in [1.82, 2.24) is 5.32 Å². The van der Waals surface area contributed by atoms with Gasteiger partial charge in [0.15, 0.2) is 0 Å². The molecule has 100 valence electrons. The molecule has 0 aliphatic carbocycles. The SMILES string of the molecule is CCCCC(NC(=O)CC(CC)CC)C(=O)O. The Bertz CT molecular complexity index is 237. The van der Waals surface area contributed by atoms with Crippen molar-refractivity contribution in [1.29, 1.82) is 0 Å². The molecule has 1 amide bonds. The molecule has 0 heterocycles. The lowest BCUT2D eigenvalue weighted by atomic mass is 9.99. The van der Waals surface area contributed by atoms with Gasteiger partial charge in [-0.05, 0) is 12.3 Å². The molecule has 0 fully saturated rings. The van der Waals surface area contributed by atoms with Gasteiger partial charge >= 0.3 is 5.97 Å². The van der Waals surface area contributed by atoms with E-state index in [9.17, 15) is 9.59 Å². The van der Waals surface area contributed by atoms with Crippen LogP contribution in [0.25, 0.3) is 0 Å². The molecule has 0 aromatic rings. The van der Waals surface area contributed by atoms with Gasteiger partial charge in [0.1, 0.15) is 6.04 Å². The summed E-state index contributed by atoms with van der Waals surface area (Å²) < 4.78 is 0. The fraction of sp³-hybridized carbons (Fsp3) is 0.846. The number of carboxylic acid groups (broad SMARTS) is 1. The average Bonchev–Trinajstić information content (AvgIpc) is 2.30. The maximum Gasteiger partial charge on any atom is 0.326 e. The Morgan fingerprint density at radius 3 is 2.18 bits per heavy atom. The molecule has 0 aromatic heterocycles. The number of hydrogen-bond donors (Lipinski definition) is 2. The molecule has 17 heavy (non-hydrogen) atoms. The molecular formula is C13H25NO3. The van der Waals surface area contributed by atoms with E-state index in [2.05, 4.69) is 5.32 Å². The standard InChI is InChI=1S/C13H25NO3/c1-4-7-8-11(13(16)17)14-12(15)9-10(5-2)6-3/h10-11H,4-9H2,1-3H3,(H,14,15)(H,16,17). The van der Waals surface area contributed by atoms with E-state index in [1.807, 2.05) is 20.8 Å². The third-order valence-corrected chi connectivity index (χ3v) is 3.11. The first kappa shape index (κ1) is 15.9. The zero-order valence-electron chi connectivity index (χ0n) is 11.2. The summed E-state index contributed by atoms with van der Waals surface area (Å²) in [5.74, 6) is -0.714. The molecule has 0 spiro atoms. The summed E-state index contributed by atoms with van der Waals surface area (Å²) in [6, 6.07) is -0.725. The number of nitrogens with one attached hydrogen (secondary N) is 1. The maximum absolute atomic E-state index is 11.7. The van der Waals surface area contributed by atoms with E-state index < -0.39 is 12.0 Å². The first-order chi connectivity index (χ1) is 8.04. The Kier molecular flexibility index (Phi) is 8.46. The van der Waals surface area contributed by atoms with E-state index >= 15 is 0 Å². The van der Waals surface area contributed by atoms with Gasteiger partial charge in [-0.25, -0.2) is 4.79 Å². The highest BCUT2D eigenvalue weighted by atomic mass is 16.4. The molecule has 0 aliphatic rings. The number of carboxylic acids is 1. The minimum atomic E-state index is -0.934. The zero-order chi connectivity index (χ0) is 13.3. The van der Waals surface area contributed by atoms with Gasteiger partial charge in [0.25, 0.3) is 0 Å². The Morgan fingerprint density at radius 1 is 1.18 bits per heavy atom. The molecular weight excluding hydrogens is 218 g/mol. The van der Waals surface area contributed by atoms with Crippen LogP contribution >= 0.6 is 0 Å². The molecule has 0 aliphatic heterocycles. The third-order valence-electron chi connectivity index (χ3n) is 3.11. The summed E-state index contributed by atoms with van der Waals surface area (Å²) in [5.41, 5.74) is 0. The molecule has 1 unspecified atom stereocenters. The molecule has 1 atom stereocenters. The fourth-order valence-electron chi connectivity index (χ4n) is 1.76. The van der Waals surface area contributed by atoms with Gasteiger partial charge in [-0.3, -0.25) is 4.79 Å². The van der Waals surface area contributed by atoms with E-state index in [4.69, 9.17) is 5.11 Å². The highest BCUT2D eigenvalue weighted by Crippen LogP contribution is 2.12. The number of unbranched alkanes of at least 4 members (excludes halogenated alkanes) is 1. The molecule has 0 aromatic carbocycles.